The maximum Gasteiger partial charge on any atom is 0.324 e. The van der Waals surface area contributed by atoms with E-state index in [2.05, 4.69) is 4.90 Å². The lowest BCUT2D eigenvalue weighted by Gasteiger charge is -2.43. The highest BCUT2D eigenvalue weighted by Crippen LogP contribution is 2.21. The molecule has 2 fully saturated rings. The molecule has 2 aromatic rings. The fraction of sp³-hybridized carbons (Fsp3) is 0.391. The monoisotopic (exact) mass is 408 g/mol. The molecule has 30 heavy (non-hydrogen) atoms. The summed E-state index contributed by atoms with van der Waals surface area (Å²) in [6.45, 7) is 5.20. The summed E-state index contributed by atoms with van der Waals surface area (Å²) >= 11 is 0. The summed E-state index contributed by atoms with van der Waals surface area (Å²) in [6.07, 6.45) is 0. The van der Waals surface area contributed by atoms with Gasteiger partial charge in [0.25, 0.3) is 0 Å². The van der Waals surface area contributed by atoms with Crippen molar-refractivity contribution < 1.29 is 14.3 Å². The molecule has 0 atom stereocenters. The van der Waals surface area contributed by atoms with Crippen molar-refractivity contribution in [2.24, 2.45) is 5.73 Å². The van der Waals surface area contributed by atoms with Crippen molar-refractivity contribution in [1.82, 2.24) is 9.80 Å². The summed E-state index contributed by atoms with van der Waals surface area (Å²) in [6, 6.07) is 17.6. The Kier molecular flexibility index (Phi) is 6.42. The van der Waals surface area contributed by atoms with Gasteiger partial charge in [0.1, 0.15) is 0 Å². The standard InChI is InChI=1S/C23H28N4O3/c24-14-22(28)19-8-6-18(7-9-19)15-27(20-4-2-1-3-5-20)23(29)26-12-10-25(11-13-26)21-16-30-17-21/h1-9,21H,10-17,24H2. The third-order valence-electron chi connectivity index (χ3n) is 5.82. The molecule has 2 heterocycles. The van der Waals surface area contributed by atoms with E-state index in [9.17, 15) is 9.59 Å². The van der Waals surface area contributed by atoms with Crippen molar-refractivity contribution in [3.8, 4) is 0 Å². The molecule has 0 aromatic heterocycles. The van der Waals surface area contributed by atoms with Crippen LogP contribution in [0.5, 0.6) is 0 Å². The number of nitrogens with zero attached hydrogens (tertiary/aromatic N) is 3. The van der Waals surface area contributed by atoms with Crippen LogP contribution in [0.2, 0.25) is 0 Å². The maximum atomic E-state index is 13.4. The molecule has 2 aliphatic heterocycles. The SMILES string of the molecule is NCC(=O)c1ccc(CN(C(=O)N2CCN(C3COC3)CC2)c2ccccc2)cc1. The van der Waals surface area contributed by atoms with E-state index < -0.39 is 0 Å². The molecule has 0 spiro atoms. The lowest BCUT2D eigenvalue weighted by atomic mass is 10.1. The first-order valence-corrected chi connectivity index (χ1v) is 10.4. The number of hydrogen-bond donors (Lipinski definition) is 1. The van der Waals surface area contributed by atoms with Crippen LogP contribution in [0.1, 0.15) is 15.9 Å². The minimum atomic E-state index is -0.0905. The van der Waals surface area contributed by atoms with E-state index in [4.69, 9.17) is 10.5 Å². The van der Waals surface area contributed by atoms with Crippen LogP contribution in [-0.2, 0) is 11.3 Å². The van der Waals surface area contributed by atoms with E-state index in [1.807, 2.05) is 52.3 Å². The Morgan fingerprint density at radius 1 is 0.967 bits per heavy atom. The molecular weight excluding hydrogens is 380 g/mol. The molecule has 158 valence electrons. The molecule has 2 N–H and O–H groups in total. The number of benzene rings is 2. The van der Waals surface area contributed by atoms with Gasteiger partial charge in [-0.05, 0) is 17.7 Å². The first-order chi connectivity index (χ1) is 14.7. The van der Waals surface area contributed by atoms with Crippen LogP contribution in [0.3, 0.4) is 0 Å². The van der Waals surface area contributed by atoms with Gasteiger partial charge in [0.15, 0.2) is 5.78 Å². The number of carbonyl (C=O) groups excluding carboxylic acids is 2. The lowest BCUT2D eigenvalue weighted by molar-refractivity contribution is -0.0738. The Labute approximate surface area is 177 Å². The van der Waals surface area contributed by atoms with Gasteiger partial charge in [0.05, 0.1) is 32.3 Å². The molecular formula is C23H28N4O3. The van der Waals surface area contributed by atoms with Crippen molar-refractivity contribution in [1.29, 1.82) is 0 Å². The van der Waals surface area contributed by atoms with Gasteiger partial charge in [-0.15, -0.1) is 0 Å². The van der Waals surface area contributed by atoms with Crippen LogP contribution in [-0.4, -0.2) is 73.6 Å². The second-order valence-electron chi connectivity index (χ2n) is 7.74. The summed E-state index contributed by atoms with van der Waals surface area (Å²) in [7, 11) is 0. The normalized spacial score (nSPS) is 17.4. The Balaban J connectivity index is 1.47. The van der Waals surface area contributed by atoms with Gasteiger partial charge in [-0.2, -0.15) is 0 Å². The van der Waals surface area contributed by atoms with Crippen LogP contribution in [0, 0.1) is 0 Å². The van der Waals surface area contributed by atoms with E-state index in [1.165, 1.54) is 0 Å². The molecule has 7 heteroatoms. The van der Waals surface area contributed by atoms with Gasteiger partial charge in [-0.1, -0.05) is 42.5 Å². The fourth-order valence-electron chi connectivity index (χ4n) is 3.86. The summed E-state index contributed by atoms with van der Waals surface area (Å²) in [5.41, 5.74) is 7.86. The van der Waals surface area contributed by atoms with Crippen LogP contribution in [0.15, 0.2) is 54.6 Å². The molecule has 0 radical (unpaired) electrons. The Bertz CT molecular complexity index is 860. The highest BCUT2D eigenvalue weighted by Gasteiger charge is 2.32. The highest BCUT2D eigenvalue weighted by molar-refractivity contribution is 5.97. The molecule has 0 aliphatic carbocycles. The molecule has 7 nitrogen and oxygen atoms in total. The average molecular weight is 409 g/mol. The third-order valence-corrected chi connectivity index (χ3v) is 5.82. The van der Waals surface area contributed by atoms with Crippen molar-refractivity contribution in [2.75, 3.05) is 50.8 Å². The Hall–Kier alpha value is -2.74. The van der Waals surface area contributed by atoms with E-state index in [-0.39, 0.29) is 18.4 Å². The van der Waals surface area contributed by atoms with Crippen molar-refractivity contribution in [2.45, 2.75) is 12.6 Å². The first-order valence-electron chi connectivity index (χ1n) is 10.4. The molecule has 2 saturated heterocycles. The lowest BCUT2D eigenvalue weighted by Crippen LogP contribution is -2.59. The van der Waals surface area contributed by atoms with Crippen LogP contribution < -0.4 is 10.6 Å². The molecule has 4 rings (SSSR count). The molecule has 0 saturated carbocycles. The van der Waals surface area contributed by atoms with Gasteiger partial charge in [-0.3, -0.25) is 14.6 Å². The highest BCUT2D eigenvalue weighted by atomic mass is 16.5. The van der Waals surface area contributed by atoms with Crippen LogP contribution in [0.25, 0.3) is 0 Å². The summed E-state index contributed by atoms with van der Waals surface area (Å²) in [4.78, 5) is 31.3. The number of ketones is 1. The number of amides is 2. The molecule has 2 aliphatic rings. The third kappa shape index (κ3) is 4.53. The molecule has 2 amide bonds. The van der Waals surface area contributed by atoms with Crippen molar-refractivity contribution in [3.05, 3.63) is 65.7 Å². The number of nitrogens with two attached hydrogens (primary N) is 1. The number of anilines is 1. The van der Waals surface area contributed by atoms with Crippen LogP contribution in [0.4, 0.5) is 10.5 Å². The number of piperazine rings is 1. The van der Waals surface area contributed by atoms with E-state index in [0.29, 0.717) is 31.2 Å². The van der Waals surface area contributed by atoms with Gasteiger partial charge < -0.3 is 15.4 Å². The molecule has 2 aromatic carbocycles. The number of rotatable bonds is 6. The van der Waals surface area contributed by atoms with E-state index in [1.54, 1.807) is 12.1 Å². The zero-order chi connectivity index (χ0) is 20.9. The van der Waals surface area contributed by atoms with Gasteiger partial charge in [0.2, 0.25) is 0 Å². The van der Waals surface area contributed by atoms with Crippen molar-refractivity contribution in [3.63, 3.8) is 0 Å². The molecule has 0 bridgehead atoms. The maximum absolute atomic E-state index is 13.4. The minimum absolute atomic E-state index is 0.00701. The number of para-hydroxylation sites is 1. The van der Waals surface area contributed by atoms with Crippen molar-refractivity contribution >= 4 is 17.5 Å². The predicted octanol–water partition coefficient (Wildman–Crippen LogP) is 1.97. The van der Waals surface area contributed by atoms with E-state index >= 15 is 0 Å². The summed E-state index contributed by atoms with van der Waals surface area (Å²) in [5, 5.41) is 0. The van der Waals surface area contributed by atoms with Gasteiger partial charge in [-0.25, -0.2) is 4.79 Å². The largest absolute Gasteiger partial charge is 0.378 e. The smallest absolute Gasteiger partial charge is 0.324 e. The first kappa shape index (κ1) is 20.5. The predicted molar refractivity (Wildman–Crippen MR) is 116 cm³/mol. The van der Waals surface area contributed by atoms with E-state index in [0.717, 1.165) is 37.6 Å². The van der Waals surface area contributed by atoms with Gasteiger partial charge in [0, 0.05) is 37.4 Å². The minimum Gasteiger partial charge on any atom is -0.378 e. The summed E-state index contributed by atoms with van der Waals surface area (Å²) < 4.78 is 5.30. The zero-order valence-corrected chi connectivity index (χ0v) is 17.1. The number of carbonyl (C=O) groups is 2. The van der Waals surface area contributed by atoms with Gasteiger partial charge >= 0.3 is 6.03 Å². The second kappa shape index (κ2) is 9.38. The number of hydrogen-bond acceptors (Lipinski definition) is 5. The average Bonchev–Trinajstić information content (AvgIpc) is 2.77. The fourth-order valence-corrected chi connectivity index (χ4v) is 3.86. The topological polar surface area (TPSA) is 79.1 Å². The Morgan fingerprint density at radius 2 is 1.63 bits per heavy atom. The zero-order valence-electron chi connectivity index (χ0n) is 17.1. The number of Topliss-reactive ketones (excluding diaryl/α,β-unsaturated/α-hetero) is 1. The quantitative estimate of drug-likeness (QED) is 0.740. The second-order valence-corrected chi connectivity index (χ2v) is 7.74. The summed E-state index contributed by atoms with van der Waals surface area (Å²) in [5.74, 6) is -0.0905. The number of ether oxygens (including phenoxy) is 1. The number of urea groups is 1. The van der Waals surface area contributed by atoms with Crippen LogP contribution >= 0.6 is 0 Å². The molecule has 0 unspecified atom stereocenters. The Morgan fingerprint density at radius 3 is 2.20 bits per heavy atom.